The second-order valence-corrected chi connectivity index (χ2v) is 7.55. The van der Waals surface area contributed by atoms with E-state index in [4.69, 9.17) is 11.6 Å². The first-order valence-electron chi connectivity index (χ1n) is 7.35. The molecule has 1 N–H and O–H groups in total. The van der Waals surface area contributed by atoms with Crippen molar-refractivity contribution in [1.82, 2.24) is 15.0 Å². The molecule has 116 valence electrons. The van der Waals surface area contributed by atoms with E-state index in [1.165, 1.54) is 4.80 Å². The van der Waals surface area contributed by atoms with Crippen LogP contribution in [-0.4, -0.2) is 20.1 Å². The SMILES string of the molecule is CC(C)(C)C1(C)C=C(n2nc3ccc(Cl)cc3n2)C(O)=CC1. The van der Waals surface area contributed by atoms with Gasteiger partial charge in [-0.3, -0.25) is 0 Å². The molecule has 0 spiro atoms. The maximum atomic E-state index is 10.3. The number of benzene rings is 1. The second kappa shape index (κ2) is 4.85. The van der Waals surface area contributed by atoms with Gasteiger partial charge in [0.15, 0.2) is 0 Å². The van der Waals surface area contributed by atoms with E-state index in [1.807, 2.05) is 12.1 Å². The van der Waals surface area contributed by atoms with Crippen LogP contribution in [0.15, 0.2) is 36.1 Å². The van der Waals surface area contributed by atoms with Crippen molar-refractivity contribution < 1.29 is 5.11 Å². The number of aliphatic hydroxyl groups excluding tert-OH is 1. The summed E-state index contributed by atoms with van der Waals surface area (Å²) in [6, 6.07) is 5.38. The molecule has 2 aromatic rings. The lowest BCUT2D eigenvalue weighted by atomic mass is 9.64. The lowest BCUT2D eigenvalue weighted by Crippen LogP contribution is -2.33. The van der Waals surface area contributed by atoms with Gasteiger partial charge in [-0.1, -0.05) is 39.3 Å². The molecule has 1 aliphatic carbocycles. The number of rotatable bonds is 1. The Morgan fingerprint density at radius 3 is 2.59 bits per heavy atom. The Bertz CT molecular complexity index is 798. The normalized spacial score (nSPS) is 22.6. The summed E-state index contributed by atoms with van der Waals surface area (Å²) in [4.78, 5) is 1.50. The van der Waals surface area contributed by atoms with Crippen molar-refractivity contribution in [2.75, 3.05) is 0 Å². The molecule has 1 aromatic heterocycles. The maximum Gasteiger partial charge on any atom is 0.138 e. The van der Waals surface area contributed by atoms with E-state index < -0.39 is 0 Å². The number of nitrogens with zero attached hydrogens (tertiary/aromatic N) is 3. The average molecular weight is 318 g/mol. The molecule has 1 heterocycles. The van der Waals surface area contributed by atoms with Crippen LogP contribution in [-0.2, 0) is 0 Å². The third-order valence-electron chi connectivity index (χ3n) is 4.71. The fourth-order valence-electron chi connectivity index (χ4n) is 2.53. The monoisotopic (exact) mass is 317 g/mol. The Morgan fingerprint density at radius 2 is 1.91 bits per heavy atom. The van der Waals surface area contributed by atoms with Gasteiger partial charge in [0.05, 0.1) is 0 Å². The molecule has 4 nitrogen and oxygen atoms in total. The third-order valence-corrected chi connectivity index (χ3v) is 4.94. The Kier molecular flexibility index (Phi) is 3.33. The van der Waals surface area contributed by atoms with Crippen LogP contribution in [0, 0.1) is 10.8 Å². The Morgan fingerprint density at radius 1 is 1.23 bits per heavy atom. The first-order chi connectivity index (χ1) is 10.2. The number of hydrogen-bond donors (Lipinski definition) is 1. The van der Waals surface area contributed by atoms with Gasteiger partial charge in [-0.25, -0.2) is 0 Å². The molecule has 1 unspecified atom stereocenters. The highest BCUT2D eigenvalue weighted by Crippen LogP contribution is 2.47. The standard InChI is InChI=1S/C17H20ClN3O/c1-16(2,3)17(4)8-7-15(22)14(10-17)21-19-12-6-5-11(18)9-13(12)20-21/h5-7,9-10,22H,8H2,1-4H3. The molecule has 22 heavy (non-hydrogen) atoms. The molecule has 0 radical (unpaired) electrons. The van der Waals surface area contributed by atoms with E-state index in [9.17, 15) is 5.11 Å². The molecule has 0 saturated heterocycles. The smallest absolute Gasteiger partial charge is 0.138 e. The van der Waals surface area contributed by atoms with Crippen LogP contribution in [0.25, 0.3) is 16.7 Å². The van der Waals surface area contributed by atoms with Gasteiger partial charge in [0.1, 0.15) is 22.5 Å². The number of aromatic nitrogens is 3. The molecule has 0 fully saturated rings. The first kappa shape index (κ1) is 15.1. The number of hydrogen-bond acceptors (Lipinski definition) is 3. The minimum Gasteiger partial charge on any atom is -0.506 e. The van der Waals surface area contributed by atoms with Gasteiger partial charge < -0.3 is 5.11 Å². The Hall–Kier alpha value is -1.81. The van der Waals surface area contributed by atoms with Gasteiger partial charge >= 0.3 is 0 Å². The molecule has 0 saturated carbocycles. The van der Waals surface area contributed by atoms with Crippen molar-refractivity contribution in [3.05, 3.63) is 41.1 Å². The van der Waals surface area contributed by atoms with Crippen LogP contribution in [0.3, 0.4) is 0 Å². The highest BCUT2D eigenvalue weighted by atomic mass is 35.5. The summed E-state index contributed by atoms with van der Waals surface area (Å²) in [7, 11) is 0. The Labute approximate surface area is 135 Å². The van der Waals surface area contributed by atoms with Crippen LogP contribution in [0.1, 0.15) is 34.1 Å². The third kappa shape index (κ3) is 2.41. The zero-order valence-electron chi connectivity index (χ0n) is 13.3. The summed E-state index contributed by atoms with van der Waals surface area (Å²) >= 11 is 6.00. The number of allylic oxidation sites excluding steroid dienone is 3. The van der Waals surface area contributed by atoms with Gasteiger partial charge in [-0.2, -0.15) is 0 Å². The minimum atomic E-state index is -0.0774. The summed E-state index contributed by atoms with van der Waals surface area (Å²) in [6.07, 6.45) is 4.71. The van der Waals surface area contributed by atoms with Crippen molar-refractivity contribution in [1.29, 1.82) is 0 Å². The van der Waals surface area contributed by atoms with Crippen LogP contribution in [0.4, 0.5) is 0 Å². The first-order valence-corrected chi connectivity index (χ1v) is 7.73. The molecule has 1 aliphatic rings. The van der Waals surface area contributed by atoms with E-state index in [-0.39, 0.29) is 16.6 Å². The van der Waals surface area contributed by atoms with E-state index in [0.717, 1.165) is 11.9 Å². The van der Waals surface area contributed by atoms with E-state index in [0.29, 0.717) is 16.2 Å². The van der Waals surface area contributed by atoms with E-state index >= 15 is 0 Å². The maximum absolute atomic E-state index is 10.3. The van der Waals surface area contributed by atoms with Gasteiger partial charge in [-0.15, -0.1) is 15.0 Å². The zero-order valence-corrected chi connectivity index (χ0v) is 14.0. The Balaban J connectivity index is 2.12. The molecular weight excluding hydrogens is 298 g/mol. The number of halogens is 1. The summed E-state index contributed by atoms with van der Waals surface area (Å²) in [5.74, 6) is 0.216. The molecule has 3 rings (SSSR count). The summed E-state index contributed by atoms with van der Waals surface area (Å²) in [6.45, 7) is 8.79. The fraction of sp³-hybridized carbons (Fsp3) is 0.412. The van der Waals surface area contributed by atoms with E-state index in [2.05, 4.69) is 44.0 Å². The van der Waals surface area contributed by atoms with Crippen LogP contribution in [0.2, 0.25) is 5.02 Å². The average Bonchev–Trinajstić information content (AvgIpc) is 2.83. The van der Waals surface area contributed by atoms with Crippen molar-refractivity contribution in [3.63, 3.8) is 0 Å². The predicted molar refractivity (Wildman–Crippen MR) is 89.7 cm³/mol. The molecule has 0 aliphatic heterocycles. The summed E-state index contributed by atoms with van der Waals surface area (Å²) in [5.41, 5.74) is 2.07. The topological polar surface area (TPSA) is 50.9 Å². The van der Waals surface area contributed by atoms with Crippen molar-refractivity contribution in [2.45, 2.75) is 34.1 Å². The molecular formula is C17H20ClN3O. The van der Waals surface area contributed by atoms with Gasteiger partial charge in [-0.05, 0) is 47.6 Å². The number of fused-ring (bicyclic) bond motifs is 1. The van der Waals surface area contributed by atoms with Gasteiger partial charge in [0.25, 0.3) is 0 Å². The zero-order chi connectivity index (χ0) is 16.1. The summed E-state index contributed by atoms with van der Waals surface area (Å²) in [5, 5.41) is 19.8. The van der Waals surface area contributed by atoms with Crippen molar-refractivity contribution in [3.8, 4) is 0 Å². The largest absolute Gasteiger partial charge is 0.506 e. The predicted octanol–water partition coefficient (Wildman–Crippen LogP) is 4.82. The highest BCUT2D eigenvalue weighted by Gasteiger charge is 2.38. The van der Waals surface area contributed by atoms with Crippen LogP contribution >= 0.6 is 11.6 Å². The molecule has 0 bridgehead atoms. The molecule has 5 heteroatoms. The fourth-order valence-corrected chi connectivity index (χ4v) is 2.69. The van der Waals surface area contributed by atoms with Crippen LogP contribution < -0.4 is 0 Å². The van der Waals surface area contributed by atoms with Gasteiger partial charge in [0, 0.05) is 5.02 Å². The van der Waals surface area contributed by atoms with Crippen LogP contribution in [0.5, 0.6) is 0 Å². The lowest BCUT2D eigenvalue weighted by molar-refractivity contribution is 0.167. The number of aliphatic hydroxyl groups is 1. The molecule has 1 atom stereocenters. The van der Waals surface area contributed by atoms with Gasteiger partial charge in [0.2, 0.25) is 0 Å². The summed E-state index contributed by atoms with van der Waals surface area (Å²) < 4.78 is 0. The lowest BCUT2D eigenvalue weighted by Gasteiger charge is -2.41. The quantitative estimate of drug-likeness (QED) is 0.820. The molecule has 1 aromatic carbocycles. The highest BCUT2D eigenvalue weighted by molar-refractivity contribution is 6.31. The van der Waals surface area contributed by atoms with Crippen molar-refractivity contribution >= 4 is 28.3 Å². The van der Waals surface area contributed by atoms with Crippen molar-refractivity contribution in [2.24, 2.45) is 10.8 Å². The second-order valence-electron chi connectivity index (χ2n) is 7.11. The van der Waals surface area contributed by atoms with E-state index in [1.54, 1.807) is 12.1 Å². The molecule has 0 amide bonds. The minimum absolute atomic E-state index is 0.0608.